The molecular weight excluding hydrogens is 440 g/mol. The minimum absolute atomic E-state index is 0.0676. The fraction of sp³-hybridized carbons (Fsp3) is 0.103. The highest BCUT2D eigenvalue weighted by molar-refractivity contribution is 5.75. The van der Waals surface area contributed by atoms with Crippen molar-refractivity contribution in [2.24, 2.45) is 0 Å². The van der Waals surface area contributed by atoms with Crippen molar-refractivity contribution < 1.29 is 22.3 Å². The highest BCUT2D eigenvalue weighted by atomic mass is 19.2. The zero-order valence-corrected chi connectivity index (χ0v) is 18.7. The quantitative estimate of drug-likeness (QED) is 0.207. The molecule has 0 spiro atoms. The van der Waals surface area contributed by atoms with Gasteiger partial charge in [0.1, 0.15) is 0 Å². The first-order valence-electron chi connectivity index (χ1n) is 10.8. The summed E-state index contributed by atoms with van der Waals surface area (Å²) in [6, 6.07) is 20.0. The lowest BCUT2D eigenvalue weighted by atomic mass is 9.97. The van der Waals surface area contributed by atoms with Crippen LogP contribution in [0.3, 0.4) is 0 Å². The minimum Gasteiger partial charge on any atom is -0.494 e. The first kappa shape index (κ1) is 23.3. The van der Waals surface area contributed by atoms with Gasteiger partial charge >= 0.3 is 0 Å². The van der Waals surface area contributed by atoms with E-state index in [0.29, 0.717) is 16.7 Å². The van der Waals surface area contributed by atoms with E-state index in [-0.39, 0.29) is 22.4 Å². The van der Waals surface area contributed by atoms with Gasteiger partial charge in [0.05, 0.1) is 7.11 Å². The average molecular weight is 462 g/mol. The monoisotopic (exact) mass is 462 g/mol. The van der Waals surface area contributed by atoms with E-state index in [0.717, 1.165) is 12.0 Å². The molecule has 4 aromatic carbocycles. The van der Waals surface area contributed by atoms with Crippen LogP contribution in [0.15, 0.2) is 72.8 Å². The molecule has 34 heavy (non-hydrogen) atoms. The molecule has 0 N–H and O–H groups in total. The lowest BCUT2D eigenvalue weighted by Crippen LogP contribution is -1.94. The predicted octanol–water partition coefficient (Wildman–Crippen LogP) is 8.32. The van der Waals surface area contributed by atoms with Crippen molar-refractivity contribution in [2.45, 2.75) is 13.3 Å². The van der Waals surface area contributed by atoms with Gasteiger partial charge in [-0.2, -0.15) is 4.39 Å². The summed E-state index contributed by atoms with van der Waals surface area (Å²) in [5.74, 6) is -4.05. The third kappa shape index (κ3) is 4.60. The van der Waals surface area contributed by atoms with Gasteiger partial charge in [-0.3, -0.25) is 0 Å². The lowest BCUT2D eigenvalue weighted by molar-refractivity contribution is 0.371. The number of halogens is 4. The van der Waals surface area contributed by atoms with Crippen LogP contribution >= 0.6 is 0 Å². The van der Waals surface area contributed by atoms with Crippen molar-refractivity contribution in [2.75, 3.05) is 7.11 Å². The normalized spacial score (nSPS) is 11.2. The van der Waals surface area contributed by atoms with Crippen molar-refractivity contribution in [1.82, 2.24) is 0 Å². The molecule has 0 aliphatic carbocycles. The summed E-state index contributed by atoms with van der Waals surface area (Å²) >= 11 is 0. The second kappa shape index (κ2) is 9.96. The summed E-state index contributed by atoms with van der Waals surface area (Å²) in [6.45, 7) is 2.03. The molecule has 0 fully saturated rings. The van der Waals surface area contributed by atoms with Crippen molar-refractivity contribution in [1.29, 1.82) is 0 Å². The molecule has 0 aromatic heterocycles. The van der Waals surface area contributed by atoms with Crippen LogP contribution in [0.4, 0.5) is 17.6 Å². The second-order valence-electron chi connectivity index (χ2n) is 7.78. The largest absolute Gasteiger partial charge is 0.494 e. The summed E-state index contributed by atoms with van der Waals surface area (Å²) in [6.07, 6.45) is 3.91. The van der Waals surface area contributed by atoms with E-state index in [9.17, 15) is 17.6 Å². The van der Waals surface area contributed by atoms with Crippen LogP contribution in [0.5, 0.6) is 5.75 Å². The molecule has 0 aliphatic heterocycles. The molecule has 172 valence electrons. The maximum absolute atomic E-state index is 14.9. The van der Waals surface area contributed by atoms with Crippen molar-refractivity contribution >= 4 is 12.2 Å². The SMILES string of the molecule is CCc1ccc(-c2ccc(-c3ccc(C=Cc4ccc(OC)c(F)c4F)cc3)c(F)c2F)cc1. The number of aryl methyl sites for hydroxylation is 1. The molecule has 0 saturated heterocycles. The third-order valence-corrected chi connectivity index (χ3v) is 5.73. The standard InChI is InChI=1S/C29H22F4O/c1-3-18-4-9-20(10-5-18)23-15-16-24(28(32)27(23)31)21-11-6-19(7-12-21)8-13-22-14-17-25(34-2)29(33)26(22)30/h4-17H,3H2,1-2H3. The fourth-order valence-electron chi connectivity index (χ4n) is 3.71. The molecule has 1 nitrogen and oxygen atoms in total. The van der Waals surface area contributed by atoms with E-state index < -0.39 is 23.3 Å². The molecule has 0 radical (unpaired) electrons. The van der Waals surface area contributed by atoms with Crippen LogP contribution in [0.25, 0.3) is 34.4 Å². The molecule has 4 aromatic rings. The number of hydrogen-bond acceptors (Lipinski definition) is 1. The zero-order chi connectivity index (χ0) is 24.2. The molecule has 4 rings (SSSR count). The van der Waals surface area contributed by atoms with Gasteiger partial charge in [0.15, 0.2) is 23.2 Å². The summed E-state index contributed by atoms with van der Waals surface area (Å²) in [4.78, 5) is 0. The number of benzene rings is 4. The van der Waals surface area contributed by atoms with Crippen LogP contribution < -0.4 is 4.74 Å². The van der Waals surface area contributed by atoms with E-state index in [1.807, 2.05) is 19.1 Å². The van der Waals surface area contributed by atoms with Crippen LogP contribution in [-0.2, 0) is 6.42 Å². The topological polar surface area (TPSA) is 9.23 Å². The Morgan fingerprint density at radius 3 is 1.71 bits per heavy atom. The number of ether oxygens (including phenoxy) is 1. The maximum Gasteiger partial charge on any atom is 0.201 e. The van der Waals surface area contributed by atoms with Crippen LogP contribution in [0.2, 0.25) is 0 Å². The minimum atomic E-state index is -1.05. The van der Waals surface area contributed by atoms with Gasteiger partial charge < -0.3 is 4.74 Å². The van der Waals surface area contributed by atoms with Gasteiger partial charge in [0, 0.05) is 16.7 Å². The Balaban J connectivity index is 1.57. The molecule has 0 unspecified atom stereocenters. The molecule has 0 aliphatic rings. The first-order valence-corrected chi connectivity index (χ1v) is 10.8. The van der Waals surface area contributed by atoms with Gasteiger partial charge in [-0.25, -0.2) is 13.2 Å². The first-order chi connectivity index (χ1) is 16.4. The number of rotatable bonds is 6. The molecule has 5 heteroatoms. The smallest absolute Gasteiger partial charge is 0.201 e. The average Bonchev–Trinajstić information content (AvgIpc) is 2.87. The molecular formula is C29H22F4O. The molecule has 0 saturated carbocycles. The summed E-state index contributed by atoms with van der Waals surface area (Å²) < 4.78 is 62.5. The number of hydrogen-bond donors (Lipinski definition) is 0. The number of methoxy groups -OCH3 is 1. The Kier molecular flexibility index (Phi) is 6.82. The third-order valence-electron chi connectivity index (χ3n) is 5.73. The maximum atomic E-state index is 14.9. The zero-order valence-electron chi connectivity index (χ0n) is 18.7. The Bertz CT molecular complexity index is 1340. The van der Waals surface area contributed by atoms with Gasteiger partial charge in [-0.15, -0.1) is 0 Å². The van der Waals surface area contributed by atoms with E-state index in [1.54, 1.807) is 54.6 Å². The summed E-state index contributed by atoms with van der Waals surface area (Å²) in [5.41, 5.74) is 3.34. The van der Waals surface area contributed by atoms with Crippen LogP contribution in [0, 0.1) is 23.3 Å². The second-order valence-corrected chi connectivity index (χ2v) is 7.78. The van der Waals surface area contributed by atoms with E-state index >= 15 is 0 Å². The van der Waals surface area contributed by atoms with E-state index in [2.05, 4.69) is 0 Å². The molecule has 0 amide bonds. The van der Waals surface area contributed by atoms with Gasteiger partial charge in [-0.1, -0.05) is 79.7 Å². The van der Waals surface area contributed by atoms with E-state index in [1.165, 1.54) is 25.3 Å². The fourth-order valence-corrected chi connectivity index (χ4v) is 3.71. The van der Waals surface area contributed by atoms with Crippen LogP contribution in [-0.4, -0.2) is 7.11 Å². The van der Waals surface area contributed by atoms with Crippen molar-refractivity contribution in [3.8, 4) is 28.0 Å². The lowest BCUT2D eigenvalue weighted by Gasteiger charge is -2.10. The Hall–Kier alpha value is -3.86. The Morgan fingerprint density at radius 1 is 0.618 bits per heavy atom. The highest BCUT2D eigenvalue weighted by Gasteiger charge is 2.16. The summed E-state index contributed by atoms with van der Waals surface area (Å²) in [7, 11) is 1.26. The van der Waals surface area contributed by atoms with Crippen molar-refractivity contribution in [3.63, 3.8) is 0 Å². The molecule has 0 atom stereocenters. The molecule has 0 heterocycles. The Morgan fingerprint density at radius 2 is 1.18 bits per heavy atom. The summed E-state index contributed by atoms with van der Waals surface area (Å²) in [5, 5.41) is 0. The van der Waals surface area contributed by atoms with Gasteiger partial charge in [-0.05, 0) is 40.8 Å². The van der Waals surface area contributed by atoms with Crippen molar-refractivity contribution in [3.05, 3.63) is 113 Å². The predicted molar refractivity (Wildman–Crippen MR) is 128 cm³/mol. The Labute approximate surface area is 196 Å². The van der Waals surface area contributed by atoms with E-state index in [4.69, 9.17) is 4.74 Å². The van der Waals surface area contributed by atoms with Crippen LogP contribution in [0.1, 0.15) is 23.6 Å². The highest BCUT2D eigenvalue weighted by Crippen LogP contribution is 2.32. The molecule has 0 bridgehead atoms. The van der Waals surface area contributed by atoms with Gasteiger partial charge in [0.2, 0.25) is 5.82 Å². The van der Waals surface area contributed by atoms with Gasteiger partial charge in [0.25, 0.3) is 0 Å².